The van der Waals surface area contributed by atoms with Crippen molar-refractivity contribution in [2.45, 2.75) is 39.7 Å². The molecule has 0 amide bonds. The van der Waals surface area contributed by atoms with E-state index >= 15 is 0 Å². The second-order valence-electron chi connectivity index (χ2n) is 6.07. The maximum absolute atomic E-state index is 5.91. The van der Waals surface area contributed by atoms with Gasteiger partial charge in [0.2, 0.25) is 0 Å². The predicted molar refractivity (Wildman–Crippen MR) is 90.9 cm³/mol. The van der Waals surface area contributed by atoms with Crippen LogP contribution in [0.5, 0.6) is 0 Å². The third-order valence-electron chi connectivity index (χ3n) is 3.00. The second kappa shape index (κ2) is 6.26. The molecule has 0 aliphatic carbocycles. The molecule has 1 heterocycles. The van der Waals surface area contributed by atoms with Gasteiger partial charge in [-0.05, 0) is 24.6 Å². The number of benzene rings is 1. The van der Waals surface area contributed by atoms with E-state index in [0.29, 0.717) is 12.5 Å². The minimum absolute atomic E-state index is 0.0732. The van der Waals surface area contributed by atoms with Crippen LogP contribution in [0.25, 0.3) is 0 Å². The summed E-state index contributed by atoms with van der Waals surface area (Å²) in [4.78, 5) is 8.95. The van der Waals surface area contributed by atoms with Gasteiger partial charge in [-0.2, -0.15) is 0 Å². The molecule has 112 valence electrons. The fourth-order valence-electron chi connectivity index (χ4n) is 1.79. The number of hydrogen-bond acceptors (Lipinski definition) is 3. The molecule has 0 radical (unpaired) electrons. The number of hydrogen-bond donors (Lipinski definition) is 2. The number of aromatic nitrogens is 1. The van der Waals surface area contributed by atoms with Gasteiger partial charge in [0.15, 0.2) is 5.96 Å². The molecule has 3 N–H and O–H groups in total. The van der Waals surface area contributed by atoms with Crippen molar-refractivity contribution < 1.29 is 0 Å². The molecule has 0 spiro atoms. The molecule has 1 aromatic heterocycles. The Morgan fingerprint density at radius 1 is 1.38 bits per heavy atom. The van der Waals surface area contributed by atoms with Crippen molar-refractivity contribution in [2.75, 3.05) is 5.32 Å². The van der Waals surface area contributed by atoms with E-state index in [9.17, 15) is 0 Å². The highest BCUT2D eigenvalue weighted by atomic mass is 32.1. The van der Waals surface area contributed by atoms with Gasteiger partial charge < -0.3 is 11.1 Å². The van der Waals surface area contributed by atoms with Crippen molar-refractivity contribution >= 4 is 23.0 Å². The third kappa shape index (κ3) is 4.56. The van der Waals surface area contributed by atoms with Gasteiger partial charge in [0.05, 0.1) is 12.2 Å². The number of nitrogens with one attached hydrogen (secondary N) is 1. The molecule has 2 aromatic rings. The number of nitrogens with two attached hydrogens (primary N) is 1. The number of aliphatic imine (C=N–C) groups is 1. The minimum atomic E-state index is 0.0732. The Bertz CT molecular complexity index is 638. The number of rotatable bonds is 3. The van der Waals surface area contributed by atoms with E-state index in [1.54, 1.807) is 11.3 Å². The Labute approximate surface area is 130 Å². The number of aryl methyl sites for hydroxylation is 1. The summed E-state index contributed by atoms with van der Waals surface area (Å²) >= 11 is 1.63. The normalized spacial score (nSPS) is 12.5. The second-order valence-corrected chi connectivity index (χ2v) is 7.02. The molecular formula is C16H22N4S. The molecule has 0 atom stereocenters. The monoisotopic (exact) mass is 302 g/mol. The lowest BCUT2D eigenvalue weighted by molar-refractivity contribution is 0.571. The standard InChI is InChI=1S/C16H22N4S/c1-11-6-5-7-12(8-11)19-15(17)18-9-14-20-13(10-21-14)16(2,3)4/h5-8,10H,9H2,1-4H3,(H3,17,18,19). The summed E-state index contributed by atoms with van der Waals surface area (Å²) in [5.41, 5.74) is 9.22. The summed E-state index contributed by atoms with van der Waals surface area (Å²) in [6.45, 7) is 9.02. The van der Waals surface area contributed by atoms with E-state index in [4.69, 9.17) is 5.73 Å². The molecule has 21 heavy (non-hydrogen) atoms. The number of guanidine groups is 1. The summed E-state index contributed by atoms with van der Waals surface area (Å²) < 4.78 is 0. The molecular weight excluding hydrogens is 280 g/mol. The van der Waals surface area contributed by atoms with Crippen LogP contribution in [-0.2, 0) is 12.0 Å². The average Bonchev–Trinajstić information content (AvgIpc) is 2.85. The highest BCUT2D eigenvalue weighted by Gasteiger charge is 2.17. The Morgan fingerprint density at radius 2 is 2.14 bits per heavy atom. The van der Waals surface area contributed by atoms with Gasteiger partial charge in [0.1, 0.15) is 5.01 Å². The fraction of sp³-hybridized carbons (Fsp3) is 0.375. The first-order valence-corrected chi connectivity index (χ1v) is 7.81. The highest BCUT2D eigenvalue weighted by Crippen LogP contribution is 2.24. The molecule has 0 saturated carbocycles. The van der Waals surface area contributed by atoms with E-state index in [1.165, 1.54) is 5.56 Å². The Hall–Kier alpha value is -1.88. The highest BCUT2D eigenvalue weighted by molar-refractivity contribution is 7.09. The van der Waals surface area contributed by atoms with Gasteiger partial charge in [0, 0.05) is 16.5 Å². The number of anilines is 1. The zero-order valence-corrected chi connectivity index (χ0v) is 13.8. The summed E-state index contributed by atoms with van der Waals surface area (Å²) in [5.74, 6) is 0.410. The summed E-state index contributed by atoms with van der Waals surface area (Å²) in [5, 5.41) is 6.17. The van der Waals surface area contributed by atoms with Crippen molar-refractivity contribution in [3.63, 3.8) is 0 Å². The van der Waals surface area contributed by atoms with Crippen molar-refractivity contribution in [1.82, 2.24) is 4.98 Å². The Kier molecular flexibility index (Phi) is 4.63. The first-order chi connectivity index (χ1) is 9.84. The van der Waals surface area contributed by atoms with Crippen molar-refractivity contribution in [3.8, 4) is 0 Å². The van der Waals surface area contributed by atoms with Gasteiger partial charge in [0.25, 0.3) is 0 Å². The van der Waals surface area contributed by atoms with Crippen LogP contribution in [-0.4, -0.2) is 10.9 Å². The smallest absolute Gasteiger partial charge is 0.193 e. The molecule has 0 bridgehead atoms. The van der Waals surface area contributed by atoms with Gasteiger partial charge in [-0.3, -0.25) is 0 Å². The number of thiazole rings is 1. The van der Waals surface area contributed by atoms with Crippen LogP contribution >= 0.6 is 11.3 Å². The lowest BCUT2D eigenvalue weighted by Crippen LogP contribution is -2.22. The van der Waals surface area contributed by atoms with Gasteiger partial charge >= 0.3 is 0 Å². The average molecular weight is 302 g/mol. The molecule has 4 nitrogen and oxygen atoms in total. The zero-order valence-electron chi connectivity index (χ0n) is 13.0. The van der Waals surface area contributed by atoms with Crippen LogP contribution in [0.1, 0.15) is 37.0 Å². The number of nitrogens with zero attached hydrogens (tertiary/aromatic N) is 2. The van der Waals surface area contributed by atoms with E-state index in [-0.39, 0.29) is 5.41 Å². The molecule has 1 aromatic carbocycles. The van der Waals surface area contributed by atoms with E-state index in [2.05, 4.69) is 41.4 Å². The minimum Gasteiger partial charge on any atom is -0.370 e. The molecule has 0 aliphatic rings. The van der Waals surface area contributed by atoms with Gasteiger partial charge in [-0.1, -0.05) is 32.9 Å². The van der Waals surface area contributed by atoms with E-state index in [0.717, 1.165) is 16.4 Å². The zero-order chi connectivity index (χ0) is 15.5. The summed E-state index contributed by atoms with van der Waals surface area (Å²) in [6, 6.07) is 8.03. The van der Waals surface area contributed by atoms with Crippen molar-refractivity contribution in [1.29, 1.82) is 0 Å². The predicted octanol–water partition coefficient (Wildman–Crippen LogP) is 3.68. The third-order valence-corrected chi connectivity index (χ3v) is 3.83. The van der Waals surface area contributed by atoms with Crippen LogP contribution in [0.4, 0.5) is 5.69 Å². The molecule has 0 saturated heterocycles. The molecule has 5 heteroatoms. The quantitative estimate of drug-likeness (QED) is 0.671. The van der Waals surface area contributed by atoms with Crippen LogP contribution in [0.2, 0.25) is 0 Å². The lowest BCUT2D eigenvalue weighted by atomic mass is 9.93. The van der Waals surface area contributed by atoms with Gasteiger partial charge in [-0.15, -0.1) is 11.3 Å². The largest absolute Gasteiger partial charge is 0.370 e. The topological polar surface area (TPSA) is 63.3 Å². The fourth-order valence-corrected chi connectivity index (χ4v) is 2.74. The van der Waals surface area contributed by atoms with Crippen molar-refractivity contribution in [2.24, 2.45) is 10.7 Å². The maximum atomic E-state index is 5.91. The molecule has 0 unspecified atom stereocenters. The molecule has 0 aliphatic heterocycles. The van der Waals surface area contributed by atoms with Crippen molar-refractivity contribution in [3.05, 3.63) is 45.9 Å². The van der Waals surface area contributed by atoms with Crippen LogP contribution < -0.4 is 11.1 Å². The Balaban J connectivity index is 1.99. The van der Waals surface area contributed by atoms with Crippen LogP contribution in [0.3, 0.4) is 0 Å². The SMILES string of the molecule is Cc1cccc(NC(N)=NCc2nc(C(C)(C)C)cs2)c1. The van der Waals surface area contributed by atoms with Crippen LogP contribution in [0.15, 0.2) is 34.6 Å². The molecule has 0 fully saturated rings. The first kappa shape index (κ1) is 15.5. The van der Waals surface area contributed by atoms with E-state index < -0.39 is 0 Å². The maximum Gasteiger partial charge on any atom is 0.193 e. The Morgan fingerprint density at radius 3 is 2.76 bits per heavy atom. The lowest BCUT2D eigenvalue weighted by Gasteiger charge is -2.14. The summed E-state index contributed by atoms with van der Waals surface area (Å²) in [6.07, 6.45) is 0. The summed E-state index contributed by atoms with van der Waals surface area (Å²) in [7, 11) is 0. The van der Waals surface area contributed by atoms with Crippen LogP contribution in [0, 0.1) is 6.92 Å². The molecule has 2 rings (SSSR count). The van der Waals surface area contributed by atoms with Gasteiger partial charge in [-0.25, -0.2) is 9.98 Å². The van der Waals surface area contributed by atoms with E-state index in [1.807, 2.05) is 31.2 Å². The first-order valence-electron chi connectivity index (χ1n) is 6.93.